The molecule has 0 aromatic carbocycles. The van der Waals surface area contributed by atoms with E-state index in [4.69, 9.17) is 0 Å². The first-order valence-corrected chi connectivity index (χ1v) is 8.17. The first-order chi connectivity index (χ1) is 7.81. The predicted octanol–water partition coefficient (Wildman–Crippen LogP) is 5.97. The lowest BCUT2D eigenvalue weighted by molar-refractivity contribution is 0.0826. The summed E-state index contributed by atoms with van der Waals surface area (Å²) in [5.41, 5.74) is 3.81. The maximum absolute atomic E-state index is 3.91. The lowest BCUT2D eigenvalue weighted by Crippen LogP contribution is -2.48. The van der Waals surface area contributed by atoms with Crippen molar-refractivity contribution in [3.63, 3.8) is 0 Å². The Balaban J connectivity index is 2.48. The highest BCUT2D eigenvalue weighted by molar-refractivity contribution is 9.11. The van der Waals surface area contributed by atoms with Crippen molar-refractivity contribution in [3.05, 3.63) is 21.7 Å². The Morgan fingerprint density at radius 2 is 1.94 bits per heavy atom. The minimum absolute atomic E-state index is 0.325. The molecule has 17 heavy (non-hydrogen) atoms. The number of allylic oxidation sites excluding steroid dienone is 4. The van der Waals surface area contributed by atoms with E-state index in [1.54, 1.807) is 5.57 Å². The molecule has 0 saturated carbocycles. The van der Waals surface area contributed by atoms with Gasteiger partial charge in [-0.25, -0.2) is 0 Å². The second-order valence-electron chi connectivity index (χ2n) is 6.26. The van der Waals surface area contributed by atoms with Crippen LogP contribution in [0.1, 0.15) is 53.4 Å². The largest absolute Gasteiger partial charge is 0.0881 e. The standard InChI is InChI=1S/C15H22Br2/c1-10-7-8-15(9-12(10)16)11(2)5-6-13(17)14(15,3)4/h5,13H,6-9H2,1-4H3/t13-,15+/m1/s1. The maximum Gasteiger partial charge on any atom is 0.0240 e. The second-order valence-corrected chi connectivity index (χ2v) is 8.32. The molecule has 0 heterocycles. The van der Waals surface area contributed by atoms with Crippen LogP contribution in [-0.2, 0) is 0 Å². The predicted molar refractivity (Wildman–Crippen MR) is 82.8 cm³/mol. The monoisotopic (exact) mass is 360 g/mol. The van der Waals surface area contributed by atoms with Crippen LogP contribution in [0.4, 0.5) is 0 Å². The molecule has 96 valence electrons. The molecule has 0 aliphatic heterocycles. The van der Waals surface area contributed by atoms with Gasteiger partial charge < -0.3 is 0 Å². The van der Waals surface area contributed by atoms with Crippen molar-refractivity contribution in [3.8, 4) is 0 Å². The van der Waals surface area contributed by atoms with Gasteiger partial charge in [0.15, 0.2) is 0 Å². The van der Waals surface area contributed by atoms with Crippen LogP contribution in [0.2, 0.25) is 0 Å². The fourth-order valence-corrected chi connectivity index (χ4v) is 4.81. The summed E-state index contributed by atoms with van der Waals surface area (Å²) >= 11 is 7.71. The zero-order chi connectivity index (χ0) is 12.8. The molecule has 0 saturated heterocycles. The molecule has 0 nitrogen and oxygen atoms in total. The number of rotatable bonds is 0. The number of halogens is 2. The van der Waals surface area contributed by atoms with Crippen molar-refractivity contribution in [2.75, 3.05) is 0 Å². The van der Waals surface area contributed by atoms with Crippen molar-refractivity contribution in [2.24, 2.45) is 10.8 Å². The van der Waals surface area contributed by atoms with Crippen molar-refractivity contribution in [1.29, 1.82) is 0 Å². The van der Waals surface area contributed by atoms with Crippen LogP contribution < -0.4 is 0 Å². The van der Waals surface area contributed by atoms with E-state index in [0.717, 1.165) is 0 Å². The van der Waals surface area contributed by atoms with Gasteiger partial charge in [0.05, 0.1) is 0 Å². The normalized spacial score (nSPS) is 37.3. The molecule has 0 bridgehead atoms. The van der Waals surface area contributed by atoms with Gasteiger partial charge in [-0.15, -0.1) is 0 Å². The highest BCUT2D eigenvalue weighted by Crippen LogP contribution is 2.61. The molecule has 2 atom stereocenters. The van der Waals surface area contributed by atoms with E-state index in [0.29, 0.717) is 15.7 Å². The highest BCUT2D eigenvalue weighted by atomic mass is 79.9. The van der Waals surface area contributed by atoms with Crippen molar-refractivity contribution >= 4 is 31.9 Å². The smallest absolute Gasteiger partial charge is 0.0240 e. The van der Waals surface area contributed by atoms with E-state index in [1.807, 2.05) is 0 Å². The fraction of sp³-hybridized carbons (Fsp3) is 0.733. The lowest BCUT2D eigenvalue weighted by Gasteiger charge is -2.55. The molecule has 2 heteroatoms. The van der Waals surface area contributed by atoms with E-state index >= 15 is 0 Å². The van der Waals surface area contributed by atoms with Gasteiger partial charge in [0.2, 0.25) is 0 Å². The molecule has 0 unspecified atom stereocenters. The van der Waals surface area contributed by atoms with E-state index in [-0.39, 0.29) is 0 Å². The van der Waals surface area contributed by atoms with Gasteiger partial charge >= 0.3 is 0 Å². The molecule has 1 spiro atoms. The molecule has 0 fully saturated rings. The summed E-state index contributed by atoms with van der Waals surface area (Å²) in [6, 6.07) is 0. The van der Waals surface area contributed by atoms with Gasteiger partial charge in [0.1, 0.15) is 0 Å². The average molecular weight is 362 g/mol. The van der Waals surface area contributed by atoms with Gasteiger partial charge in [-0.3, -0.25) is 0 Å². The summed E-state index contributed by atoms with van der Waals surface area (Å²) in [6.45, 7) is 9.46. The Kier molecular flexibility index (Phi) is 3.69. The van der Waals surface area contributed by atoms with Crippen LogP contribution in [0.25, 0.3) is 0 Å². The van der Waals surface area contributed by atoms with Crippen LogP contribution >= 0.6 is 31.9 Å². The van der Waals surface area contributed by atoms with Crippen molar-refractivity contribution in [1.82, 2.24) is 0 Å². The van der Waals surface area contributed by atoms with Crippen LogP contribution in [0.5, 0.6) is 0 Å². The van der Waals surface area contributed by atoms with Crippen LogP contribution in [-0.4, -0.2) is 4.83 Å². The lowest BCUT2D eigenvalue weighted by atomic mass is 9.52. The summed E-state index contributed by atoms with van der Waals surface area (Å²) in [7, 11) is 0. The quantitative estimate of drug-likeness (QED) is 0.368. The van der Waals surface area contributed by atoms with Crippen molar-refractivity contribution < 1.29 is 0 Å². The summed E-state index contributed by atoms with van der Waals surface area (Å²) in [5, 5.41) is 0. The fourth-order valence-electron chi connectivity index (χ4n) is 3.51. The Labute approximate surface area is 122 Å². The molecule has 0 radical (unpaired) electrons. The Bertz CT molecular complexity index is 390. The van der Waals surface area contributed by atoms with Gasteiger partial charge in [-0.05, 0) is 49.4 Å². The Morgan fingerprint density at radius 1 is 1.29 bits per heavy atom. The third-order valence-electron chi connectivity index (χ3n) is 5.25. The summed E-state index contributed by atoms with van der Waals surface area (Å²) in [4.78, 5) is 0.595. The zero-order valence-corrected chi connectivity index (χ0v) is 14.4. The molecular formula is C15H22Br2. The summed E-state index contributed by atoms with van der Waals surface area (Å²) in [6.07, 6.45) is 7.32. The SMILES string of the molecule is CC1=CC[C@@H](Br)C(C)(C)[C@]12CCC(C)=C(Br)C2. The van der Waals surface area contributed by atoms with Gasteiger partial charge in [0, 0.05) is 10.2 Å². The molecule has 0 amide bonds. The average Bonchev–Trinajstić information content (AvgIpc) is 2.27. The minimum Gasteiger partial charge on any atom is -0.0881 e. The Hall–Kier alpha value is 0.440. The first-order valence-electron chi connectivity index (χ1n) is 6.47. The molecule has 0 N–H and O–H groups in total. The zero-order valence-electron chi connectivity index (χ0n) is 11.2. The molecule has 2 aliphatic rings. The number of hydrogen-bond donors (Lipinski definition) is 0. The minimum atomic E-state index is 0.325. The van der Waals surface area contributed by atoms with Gasteiger partial charge in [-0.2, -0.15) is 0 Å². The Morgan fingerprint density at radius 3 is 2.53 bits per heavy atom. The summed E-state index contributed by atoms with van der Waals surface area (Å²) in [5.74, 6) is 0. The van der Waals surface area contributed by atoms with E-state index in [9.17, 15) is 0 Å². The van der Waals surface area contributed by atoms with E-state index < -0.39 is 0 Å². The van der Waals surface area contributed by atoms with Gasteiger partial charge in [-0.1, -0.05) is 62.9 Å². The number of alkyl halides is 1. The third-order valence-corrected chi connectivity index (χ3v) is 7.72. The van der Waals surface area contributed by atoms with Crippen LogP contribution in [0, 0.1) is 10.8 Å². The molecular weight excluding hydrogens is 340 g/mol. The molecule has 2 rings (SSSR count). The topological polar surface area (TPSA) is 0 Å². The second kappa shape index (κ2) is 4.52. The van der Waals surface area contributed by atoms with Crippen LogP contribution in [0.3, 0.4) is 0 Å². The van der Waals surface area contributed by atoms with Crippen LogP contribution in [0.15, 0.2) is 21.7 Å². The van der Waals surface area contributed by atoms with Crippen molar-refractivity contribution in [2.45, 2.75) is 58.2 Å². The number of hydrogen-bond acceptors (Lipinski definition) is 0. The molecule has 0 aromatic heterocycles. The third kappa shape index (κ3) is 2.00. The van der Waals surface area contributed by atoms with E-state index in [2.05, 4.69) is 65.6 Å². The molecule has 0 aromatic rings. The van der Waals surface area contributed by atoms with Gasteiger partial charge in [0.25, 0.3) is 0 Å². The maximum atomic E-state index is 3.91. The van der Waals surface area contributed by atoms with E-state index in [1.165, 1.54) is 35.7 Å². The highest BCUT2D eigenvalue weighted by Gasteiger charge is 2.52. The molecule has 2 aliphatic carbocycles. The first kappa shape index (κ1) is 13.9. The summed E-state index contributed by atoms with van der Waals surface area (Å²) < 4.78 is 1.44.